The average Bonchev–Trinajstić information content (AvgIpc) is 3.20. The molecule has 0 saturated heterocycles. The van der Waals surface area contributed by atoms with Crippen LogP contribution in [0.5, 0.6) is 0 Å². The first kappa shape index (κ1) is 25.4. The number of sulfonamides is 1. The van der Waals surface area contributed by atoms with Crippen molar-refractivity contribution in [2.24, 2.45) is 5.73 Å². The topological polar surface area (TPSA) is 148 Å². The SMILES string of the molecule is CCc1cccc(CNC[C@H](O)[C@H](Cc2ccccc2)c2oc(NS(C)(=O)=O)nc2C(N)=O)c1. The molecule has 0 unspecified atom stereocenters. The van der Waals surface area contributed by atoms with E-state index in [4.69, 9.17) is 10.2 Å². The molecule has 10 heteroatoms. The van der Waals surface area contributed by atoms with E-state index in [2.05, 4.69) is 34.1 Å². The molecule has 9 nitrogen and oxygen atoms in total. The van der Waals surface area contributed by atoms with Crippen molar-refractivity contribution in [2.75, 3.05) is 17.5 Å². The number of rotatable bonds is 12. The number of hydrogen-bond donors (Lipinski definition) is 4. The number of benzene rings is 2. The van der Waals surface area contributed by atoms with Gasteiger partial charge in [0, 0.05) is 13.1 Å². The molecule has 3 aromatic rings. The lowest BCUT2D eigenvalue weighted by atomic mass is 9.90. The molecule has 0 aliphatic rings. The predicted molar refractivity (Wildman–Crippen MR) is 130 cm³/mol. The van der Waals surface area contributed by atoms with Gasteiger partial charge < -0.3 is 20.6 Å². The van der Waals surface area contributed by atoms with Crippen LogP contribution in [0, 0.1) is 0 Å². The van der Waals surface area contributed by atoms with Crippen LogP contribution in [0.3, 0.4) is 0 Å². The standard InChI is InChI=1S/C24H30N4O5S/c1-3-16-10-7-11-18(12-16)14-26-15-20(29)19(13-17-8-5-4-6-9-17)22-21(23(25)30)27-24(33-22)28-34(2,31)32/h4-12,19-20,26,29H,3,13-15H2,1-2H3,(H2,25,30)(H,27,28)/t19-,20-/m0/s1. The summed E-state index contributed by atoms with van der Waals surface area (Å²) in [6, 6.07) is 17.2. The van der Waals surface area contributed by atoms with Crippen LogP contribution in [0.2, 0.25) is 0 Å². The molecule has 0 saturated carbocycles. The average molecular weight is 487 g/mol. The van der Waals surface area contributed by atoms with Crippen molar-refractivity contribution in [3.05, 3.63) is 82.7 Å². The fourth-order valence-electron chi connectivity index (χ4n) is 3.70. The molecule has 0 fully saturated rings. The summed E-state index contributed by atoms with van der Waals surface area (Å²) in [6.45, 7) is 2.83. The van der Waals surface area contributed by atoms with Crippen molar-refractivity contribution in [1.29, 1.82) is 0 Å². The largest absolute Gasteiger partial charge is 0.427 e. The van der Waals surface area contributed by atoms with Crippen LogP contribution in [-0.2, 0) is 29.4 Å². The second-order valence-corrected chi connectivity index (χ2v) is 9.89. The number of aromatic nitrogens is 1. The summed E-state index contributed by atoms with van der Waals surface area (Å²) in [6.07, 6.45) is 1.21. The Morgan fingerprint density at radius 1 is 1.12 bits per heavy atom. The van der Waals surface area contributed by atoms with Crippen LogP contribution in [-0.4, -0.2) is 43.3 Å². The Morgan fingerprint density at radius 3 is 2.44 bits per heavy atom. The number of carbonyl (C=O) groups is 1. The first-order valence-corrected chi connectivity index (χ1v) is 12.8. The van der Waals surface area contributed by atoms with E-state index in [1.807, 2.05) is 42.5 Å². The Hall–Kier alpha value is -3.21. The number of nitrogens with two attached hydrogens (primary N) is 1. The molecule has 1 heterocycles. The molecule has 2 atom stereocenters. The van der Waals surface area contributed by atoms with Crippen molar-refractivity contribution < 1.29 is 22.7 Å². The van der Waals surface area contributed by atoms with Gasteiger partial charge in [0.1, 0.15) is 5.76 Å². The van der Waals surface area contributed by atoms with Crippen LogP contribution in [0.4, 0.5) is 6.01 Å². The highest BCUT2D eigenvalue weighted by Crippen LogP contribution is 2.30. The van der Waals surface area contributed by atoms with Crippen molar-refractivity contribution in [3.63, 3.8) is 0 Å². The number of amides is 1. The Labute approximate surface area is 199 Å². The maximum atomic E-state index is 12.1. The lowest BCUT2D eigenvalue weighted by Gasteiger charge is -2.22. The molecule has 182 valence electrons. The summed E-state index contributed by atoms with van der Waals surface area (Å²) in [5.74, 6) is -1.55. The maximum absolute atomic E-state index is 12.1. The fraction of sp³-hybridized carbons (Fsp3) is 0.333. The number of aliphatic hydroxyl groups is 1. The number of hydrogen-bond acceptors (Lipinski definition) is 7. The molecule has 0 bridgehead atoms. The summed E-state index contributed by atoms with van der Waals surface area (Å²) < 4.78 is 31.0. The summed E-state index contributed by atoms with van der Waals surface area (Å²) in [4.78, 5) is 16.0. The third kappa shape index (κ3) is 7.14. The summed E-state index contributed by atoms with van der Waals surface area (Å²) in [5, 5.41) is 14.4. The Morgan fingerprint density at radius 2 is 1.79 bits per heavy atom. The number of aliphatic hydroxyl groups excluding tert-OH is 1. The Bertz CT molecular complexity index is 1210. The minimum Gasteiger partial charge on any atom is -0.427 e. The van der Waals surface area contributed by atoms with Gasteiger partial charge in [-0.25, -0.2) is 13.1 Å². The van der Waals surface area contributed by atoms with Crippen LogP contribution in [0.1, 0.15) is 45.8 Å². The second kappa shape index (κ2) is 11.3. The van der Waals surface area contributed by atoms with E-state index in [-0.39, 0.29) is 24.0 Å². The van der Waals surface area contributed by atoms with E-state index in [1.54, 1.807) is 0 Å². The normalized spacial score (nSPS) is 13.4. The van der Waals surface area contributed by atoms with E-state index in [0.29, 0.717) is 13.0 Å². The van der Waals surface area contributed by atoms with Crippen molar-refractivity contribution in [1.82, 2.24) is 10.3 Å². The molecule has 34 heavy (non-hydrogen) atoms. The number of nitrogens with one attached hydrogen (secondary N) is 2. The smallest absolute Gasteiger partial charge is 0.309 e. The van der Waals surface area contributed by atoms with Gasteiger partial charge >= 0.3 is 6.01 Å². The number of oxazole rings is 1. The van der Waals surface area contributed by atoms with Gasteiger partial charge in [-0.2, -0.15) is 4.98 Å². The minimum absolute atomic E-state index is 0.0322. The molecule has 0 radical (unpaired) electrons. The van der Waals surface area contributed by atoms with Crippen molar-refractivity contribution in [2.45, 2.75) is 38.3 Å². The van der Waals surface area contributed by atoms with Gasteiger partial charge in [-0.15, -0.1) is 0 Å². The number of aryl methyl sites for hydroxylation is 1. The zero-order chi connectivity index (χ0) is 24.7. The van der Waals surface area contributed by atoms with Gasteiger partial charge in [0.25, 0.3) is 5.91 Å². The minimum atomic E-state index is -3.69. The highest BCUT2D eigenvalue weighted by Gasteiger charge is 2.31. The molecular formula is C24H30N4O5S. The zero-order valence-corrected chi connectivity index (χ0v) is 20.0. The summed E-state index contributed by atoms with van der Waals surface area (Å²) in [5.41, 5.74) is 8.47. The highest BCUT2D eigenvalue weighted by atomic mass is 32.2. The Balaban J connectivity index is 1.85. The first-order valence-electron chi connectivity index (χ1n) is 10.9. The van der Waals surface area contributed by atoms with E-state index in [0.717, 1.165) is 23.8 Å². The van der Waals surface area contributed by atoms with Gasteiger partial charge in [-0.1, -0.05) is 61.5 Å². The number of anilines is 1. The van der Waals surface area contributed by atoms with E-state index in [9.17, 15) is 18.3 Å². The van der Waals surface area contributed by atoms with E-state index < -0.39 is 28.0 Å². The Kier molecular flexibility index (Phi) is 8.43. The highest BCUT2D eigenvalue weighted by molar-refractivity contribution is 7.91. The van der Waals surface area contributed by atoms with Crippen LogP contribution in [0.25, 0.3) is 0 Å². The number of carbonyl (C=O) groups excluding carboxylic acids is 1. The van der Waals surface area contributed by atoms with Gasteiger partial charge in [0.2, 0.25) is 10.0 Å². The number of nitrogens with zero attached hydrogens (tertiary/aromatic N) is 1. The molecule has 2 aromatic carbocycles. The lowest BCUT2D eigenvalue weighted by Crippen LogP contribution is -2.33. The van der Waals surface area contributed by atoms with Crippen LogP contribution < -0.4 is 15.8 Å². The third-order valence-corrected chi connectivity index (χ3v) is 5.89. The van der Waals surface area contributed by atoms with Gasteiger partial charge in [0.15, 0.2) is 5.69 Å². The second-order valence-electron chi connectivity index (χ2n) is 8.14. The summed E-state index contributed by atoms with van der Waals surface area (Å²) in [7, 11) is -3.69. The van der Waals surface area contributed by atoms with Crippen molar-refractivity contribution in [3.8, 4) is 0 Å². The first-order chi connectivity index (χ1) is 16.2. The quantitative estimate of drug-likeness (QED) is 0.307. The summed E-state index contributed by atoms with van der Waals surface area (Å²) >= 11 is 0. The van der Waals surface area contributed by atoms with E-state index in [1.165, 1.54) is 5.56 Å². The fourth-order valence-corrected chi connectivity index (χ4v) is 4.10. The van der Waals surface area contributed by atoms with Crippen LogP contribution >= 0.6 is 0 Å². The van der Waals surface area contributed by atoms with Gasteiger partial charge in [-0.3, -0.25) is 4.79 Å². The van der Waals surface area contributed by atoms with E-state index >= 15 is 0 Å². The zero-order valence-electron chi connectivity index (χ0n) is 19.2. The maximum Gasteiger partial charge on any atom is 0.309 e. The molecule has 1 amide bonds. The van der Waals surface area contributed by atoms with Crippen molar-refractivity contribution >= 4 is 21.9 Å². The monoisotopic (exact) mass is 486 g/mol. The van der Waals surface area contributed by atoms with Gasteiger partial charge in [0.05, 0.1) is 18.3 Å². The molecule has 0 aliphatic carbocycles. The lowest BCUT2D eigenvalue weighted by molar-refractivity contribution is 0.0987. The van der Waals surface area contributed by atoms with Gasteiger partial charge in [-0.05, 0) is 29.5 Å². The molecule has 0 spiro atoms. The van der Waals surface area contributed by atoms with Crippen LogP contribution in [0.15, 0.2) is 59.0 Å². The molecular weight excluding hydrogens is 456 g/mol. The molecule has 3 rings (SSSR count). The predicted octanol–water partition coefficient (Wildman–Crippen LogP) is 2.18. The molecule has 5 N–H and O–H groups in total. The number of primary amides is 1. The molecule has 1 aromatic heterocycles. The molecule has 0 aliphatic heterocycles. The third-order valence-electron chi connectivity index (χ3n) is 5.34.